The molecule has 0 aromatic rings. The van der Waals surface area contributed by atoms with Gasteiger partial charge >= 0.3 is 0 Å². The van der Waals surface area contributed by atoms with Crippen molar-refractivity contribution in [2.45, 2.75) is 64.1 Å². The molecule has 0 aromatic carbocycles. The highest BCUT2D eigenvalue weighted by molar-refractivity contribution is 5.91. The maximum atomic E-state index is 16.8. The van der Waals surface area contributed by atoms with Crippen LogP contribution in [0.5, 0.6) is 0 Å². The zero-order valence-electron chi connectivity index (χ0n) is 16.1. The number of halogens is 1. The van der Waals surface area contributed by atoms with E-state index < -0.39 is 35.1 Å². The molecule has 0 radical (unpaired) electrons. The molecule has 7 atom stereocenters. The number of rotatable bonds is 2. The van der Waals surface area contributed by atoms with Crippen LogP contribution in [-0.4, -0.2) is 40.2 Å². The molecule has 3 fully saturated rings. The molecule has 0 spiro atoms. The second-order valence-electron chi connectivity index (χ2n) is 9.63. The molecule has 4 aliphatic carbocycles. The van der Waals surface area contributed by atoms with Crippen molar-refractivity contribution < 1.29 is 24.2 Å². The number of aliphatic hydroxyl groups is 2. The normalized spacial score (nSPS) is 49.1. The van der Waals surface area contributed by atoms with Gasteiger partial charge in [0.25, 0.3) is 0 Å². The fourth-order valence-corrected chi connectivity index (χ4v) is 7.22. The summed E-state index contributed by atoms with van der Waals surface area (Å²) in [6, 6.07) is 0. The minimum absolute atomic E-state index is 0.0440. The summed E-state index contributed by atoms with van der Waals surface area (Å²) in [5, 5.41) is 20.5. The third-order valence-electron chi connectivity index (χ3n) is 8.50. The summed E-state index contributed by atoms with van der Waals surface area (Å²) in [6.07, 6.45) is 3.09. The van der Waals surface area contributed by atoms with E-state index in [9.17, 15) is 19.8 Å². The molecule has 0 bridgehead atoms. The van der Waals surface area contributed by atoms with E-state index in [1.54, 1.807) is 6.08 Å². The molecule has 0 unspecified atom stereocenters. The Morgan fingerprint density at radius 1 is 1.33 bits per heavy atom. The molecular weight excluding hydrogens is 347 g/mol. The van der Waals surface area contributed by atoms with E-state index in [0.717, 1.165) is 11.1 Å². The number of aliphatic hydroxyl groups excluding tert-OH is 2. The van der Waals surface area contributed by atoms with Gasteiger partial charge in [-0.2, -0.15) is 0 Å². The molecule has 0 saturated heterocycles. The molecule has 3 saturated carbocycles. The number of alkyl halides is 1. The maximum Gasteiger partial charge on any atom is 0.165 e. The number of fused-ring (bicyclic) bond motifs is 5. The summed E-state index contributed by atoms with van der Waals surface area (Å²) in [4.78, 5) is 24.3. The molecule has 5 heteroatoms. The average molecular weight is 376 g/mol. The standard InChI is InChI=1S/C22H29FO4/c1-12-8-16-15-5-4-13-9-14(25)6-7-21(13,3)22(15,23)18(27)10-20(16,2)19(12)17(26)11-24/h9,15-16,18-19,24,27H,1,4-8,10-11H2,2-3H3/t15-,16-,18-,19+,20-,21-,22-/m0/s1. The first-order valence-electron chi connectivity index (χ1n) is 10.0. The van der Waals surface area contributed by atoms with Gasteiger partial charge in [-0.05, 0) is 49.5 Å². The number of ketones is 2. The van der Waals surface area contributed by atoms with E-state index >= 15 is 4.39 Å². The van der Waals surface area contributed by atoms with E-state index in [2.05, 4.69) is 6.58 Å². The second kappa shape index (κ2) is 5.84. The van der Waals surface area contributed by atoms with Gasteiger partial charge in [0.15, 0.2) is 11.6 Å². The fraction of sp³-hybridized carbons (Fsp3) is 0.727. The van der Waals surface area contributed by atoms with Crippen LogP contribution in [0.15, 0.2) is 23.8 Å². The van der Waals surface area contributed by atoms with Crippen LogP contribution < -0.4 is 0 Å². The van der Waals surface area contributed by atoms with Gasteiger partial charge < -0.3 is 10.2 Å². The minimum atomic E-state index is -1.81. The van der Waals surface area contributed by atoms with E-state index in [1.165, 1.54) is 0 Å². The molecular formula is C22H29FO4. The van der Waals surface area contributed by atoms with Gasteiger partial charge in [0.2, 0.25) is 0 Å². The molecule has 4 rings (SSSR count). The molecule has 0 aliphatic heterocycles. The predicted octanol–water partition coefficient (Wildman–Crippen LogP) is 2.92. The summed E-state index contributed by atoms with van der Waals surface area (Å²) in [7, 11) is 0. The van der Waals surface area contributed by atoms with Crippen molar-refractivity contribution in [1.82, 2.24) is 0 Å². The quantitative estimate of drug-likeness (QED) is 0.727. The van der Waals surface area contributed by atoms with E-state index in [1.807, 2.05) is 13.8 Å². The van der Waals surface area contributed by atoms with Gasteiger partial charge in [0, 0.05) is 23.7 Å². The third-order valence-corrected chi connectivity index (χ3v) is 8.50. The van der Waals surface area contributed by atoms with Crippen LogP contribution in [0.2, 0.25) is 0 Å². The molecule has 4 nitrogen and oxygen atoms in total. The van der Waals surface area contributed by atoms with Gasteiger partial charge in [-0.3, -0.25) is 9.59 Å². The molecule has 4 aliphatic rings. The van der Waals surface area contributed by atoms with Crippen molar-refractivity contribution in [3.8, 4) is 0 Å². The lowest BCUT2D eigenvalue weighted by Crippen LogP contribution is -2.67. The summed E-state index contributed by atoms with van der Waals surface area (Å²) in [5.41, 5.74) is -1.65. The Bertz CT molecular complexity index is 757. The Balaban J connectivity index is 1.80. The van der Waals surface area contributed by atoms with Crippen molar-refractivity contribution >= 4 is 11.6 Å². The van der Waals surface area contributed by atoms with Crippen LogP contribution in [0.1, 0.15) is 52.4 Å². The van der Waals surface area contributed by atoms with E-state index in [0.29, 0.717) is 32.1 Å². The van der Waals surface area contributed by atoms with Crippen LogP contribution >= 0.6 is 0 Å². The lowest BCUT2D eigenvalue weighted by Gasteiger charge is -2.62. The van der Waals surface area contributed by atoms with Gasteiger partial charge in [-0.25, -0.2) is 4.39 Å². The fourth-order valence-electron chi connectivity index (χ4n) is 7.22. The highest BCUT2D eigenvalue weighted by Crippen LogP contribution is 2.70. The molecule has 148 valence electrons. The molecule has 0 heterocycles. The number of hydrogen-bond donors (Lipinski definition) is 2. The largest absolute Gasteiger partial charge is 0.390 e. The van der Waals surface area contributed by atoms with Crippen molar-refractivity contribution in [1.29, 1.82) is 0 Å². The summed E-state index contributed by atoms with van der Waals surface area (Å²) >= 11 is 0. The summed E-state index contributed by atoms with van der Waals surface area (Å²) in [6.45, 7) is 7.34. The average Bonchev–Trinajstić information content (AvgIpc) is 2.86. The Morgan fingerprint density at radius 2 is 2.04 bits per heavy atom. The van der Waals surface area contributed by atoms with Crippen LogP contribution in [0.4, 0.5) is 4.39 Å². The number of allylic oxidation sites excluding steroid dienone is 2. The second-order valence-corrected chi connectivity index (χ2v) is 9.63. The summed E-state index contributed by atoms with van der Waals surface area (Å²) < 4.78 is 16.8. The van der Waals surface area contributed by atoms with Crippen molar-refractivity contribution in [3.05, 3.63) is 23.8 Å². The van der Waals surface area contributed by atoms with Gasteiger partial charge in [-0.15, -0.1) is 0 Å². The smallest absolute Gasteiger partial charge is 0.165 e. The third kappa shape index (κ3) is 2.21. The molecule has 0 aromatic heterocycles. The van der Waals surface area contributed by atoms with Crippen molar-refractivity contribution in [3.63, 3.8) is 0 Å². The zero-order valence-corrected chi connectivity index (χ0v) is 16.1. The van der Waals surface area contributed by atoms with Crippen LogP contribution in [0.3, 0.4) is 0 Å². The number of carbonyl (C=O) groups excluding carboxylic acids is 2. The van der Waals surface area contributed by atoms with Gasteiger partial charge in [0.05, 0.1) is 6.10 Å². The first-order chi connectivity index (χ1) is 12.6. The van der Waals surface area contributed by atoms with Crippen LogP contribution in [0, 0.1) is 28.6 Å². The Labute approximate surface area is 159 Å². The van der Waals surface area contributed by atoms with Gasteiger partial charge in [0.1, 0.15) is 12.3 Å². The molecule has 0 amide bonds. The molecule has 2 N–H and O–H groups in total. The highest BCUT2D eigenvalue weighted by atomic mass is 19.1. The Kier molecular flexibility index (Phi) is 4.11. The zero-order chi connectivity index (χ0) is 19.8. The van der Waals surface area contributed by atoms with Crippen molar-refractivity contribution in [2.24, 2.45) is 28.6 Å². The highest BCUT2D eigenvalue weighted by Gasteiger charge is 2.71. The first kappa shape index (κ1) is 19.0. The predicted molar refractivity (Wildman–Crippen MR) is 98.6 cm³/mol. The van der Waals surface area contributed by atoms with Crippen molar-refractivity contribution in [2.75, 3.05) is 6.61 Å². The Hall–Kier alpha value is -1.33. The molecule has 27 heavy (non-hydrogen) atoms. The monoisotopic (exact) mass is 376 g/mol. The van der Waals surface area contributed by atoms with Gasteiger partial charge in [-0.1, -0.05) is 31.6 Å². The summed E-state index contributed by atoms with van der Waals surface area (Å²) in [5.74, 6) is -1.23. The number of Topliss-reactive ketones (excluding diaryl/α,β-unsaturated/α-hetero) is 1. The SMILES string of the molecule is C=C1C[C@H]2[C@@H]3CCC4=CC(=O)CC[C@]4(C)[C@@]3(F)[C@@H](O)C[C@]2(C)[C@H]1C(=O)CO. The van der Waals surface area contributed by atoms with Crippen LogP contribution in [-0.2, 0) is 9.59 Å². The Morgan fingerprint density at radius 3 is 2.70 bits per heavy atom. The van der Waals surface area contributed by atoms with E-state index in [-0.39, 0.29) is 29.8 Å². The lowest BCUT2D eigenvalue weighted by atomic mass is 9.44. The maximum absolute atomic E-state index is 16.8. The number of carbonyl (C=O) groups is 2. The minimum Gasteiger partial charge on any atom is -0.390 e. The van der Waals surface area contributed by atoms with E-state index in [4.69, 9.17) is 0 Å². The lowest BCUT2D eigenvalue weighted by molar-refractivity contribution is -0.208. The number of hydrogen-bond acceptors (Lipinski definition) is 4. The topological polar surface area (TPSA) is 74.6 Å². The first-order valence-corrected chi connectivity index (χ1v) is 10.0. The van der Waals surface area contributed by atoms with Crippen LogP contribution in [0.25, 0.3) is 0 Å².